The number of para-hydroxylation sites is 3. The Morgan fingerprint density at radius 3 is 1.47 bits per heavy atom. The highest BCUT2D eigenvalue weighted by molar-refractivity contribution is 7.80. The van der Waals surface area contributed by atoms with E-state index < -0.39 is 115 Å². The minimum Gasteiger partial charge on any atom is -0.481 e. The van der Waals surface area contributed by atoms with Crippen LogP contribution in [0.2, 0.25) is 0 Å². The molecule has 0 radical (unpaired) electrons. The highest BCUT2D eigenvalue weighted by Gasteiger charge is 2.41. The summed E-state index contributed by atoms with van der Waals surface area (Å²) >= 11 is 8.46. The number of fused-ring (bicyclic) bond motifs is 3. The molecule has 0 spiro atoms. The van der Waals surface area contributed by atoms with E-state index in [1.807, 2.05) is 42.5 Å². The van der Waals surface area contributed by atoms with Gasteiger partial charge in [-0.15, -0.1) is 0 Å². The van der Waals surface area contributed by atoms with Crippen LogP contribution in [0.3, 0.4) is 0 Å². The normalized spacial score (nSPS) is 16.2. The van der Waals surface area contributed by atoms with Gasteiger partial charge in [-0.1, -0.05) is 54.6 Å². The number of hydrogen-bond donors (Lipinski definition) is 15. The van der Waals surface area contributed by atoms with Crippen molar-refractivity contribution in [3.8, 4) is 0 Å². The first-order valence-electron chi connectivity index (χ1n) is 24.3. The molecule has 7 amide bonds. The Hall–Kier alpha value is -7.87. The van der Waals surface area contributed by atoms with E-state index >= 15 is 0 Å². The van der Waals surface area contributed by atoms with Crippen molar-refractivity contribution in [2.45, 2.75) is 86.9 Å². The fourth-order valence-electron chi connectivity index (χ4n) is 9.18. The third-order valence-electron chi connectivity index (χ3n) is 13.2. The molecular weight excluding hydrogens is 1020 g/mol. The number of H-pyrrole nitrogens is 3. The molecule has 7 rings (SSSR count). The first-order valence-corrected chi connectivity index (χ1v) is 25.6. The van der Waals surface area contributed by atoms with E-state index in [4.69, 9.17) is 5.73 Å². The van der Waals surface area contributed by atoms with Gasteiger partial charge in [-0.2, -0.15) is 25.3 Å². The largest absolute Gasteiger partial charge is 0.481 e. The maximum absolute atomic E-state index is 14.7. The lowest BCUT2D eigenvalue weighted by atomic mass is 10.0. The first kappa shape index (κ1) is 55.9. The number of nitrogens with zero attached hydrogens (tertiary/aromatic N) is 1. The minimum absolute atomic E-state index is 0.0191. The number of nitrogens with two attached hydrogens (primary N) is 1. The van der Waals surface area contributed by atoms with Crippen molar-refractivity contribution in [1.29, 1.82) is 0 Å². The maximum Gasteiger partial charge on any atom is 0.326 e. The van der Waals surface area contributed by atoms with Crippen molar-refractivity contribution in [3.05, 3.63) is 108 Å². The molecule has 3 aromatic heterocycles. The van der Waals surface area contributed by atoms with E-state index in [0.717, 1.165) is 38.3 Å². The number of carboxylic acid groups (broad SMARTS) is 2. The Morgan fingerprint density at radius 2 is 0.987 bits per heavy atom. The predicted octanol–water partition coefficient (Wildman–Crippen LogP) is -0.203. The Kier molecular flexibility index (Phi) is 18.8. The van der Waals surface area contributed by atoms with Gasteiger partial charge in [0.05, 0.1) is 19.1 Å². The van der Waals surface area contributed by atoms with Crippen LogP contribution < -0.4 is 37.6 Å². The van der Waals surface area contributed by atoms with E-state index in [1.54, 1.807) is 48.9 Å². The molecule has 1 saturated heterocycles. The number of carboxylic acids is 2. The number of likely N-dealkylation sites (tertiary alicyclic amines) is 1. The molecule has 76 heavy (non-hydrogen) atoms. The maximum atomic E-state index is 14.7. The first-order chi connectivity index (χ1) is 36.5. The second-order valence-corrected chi connectivity index (χ2v) is 19.1. The van der Waals surface area contributed by atoms with Crippen molar-refractivity contribution in [2.75, 3.05) is 24.7 Å². The van der Waals surface area contributed by atoms with Crippen LogP contribution in [0.25, 0.3) is 32.7 Å². The molecular formula is C51H59N11O12S2. The highest BCUT2D eigenvalue weighted by Crippen LogP contribution is 2.25. The van der Waals surface area contributed by atoms with Crippen LogP contribution in [-0.4, -0.2) is 161 Å². The fourth-order valence-corrected chi connectivity index (χ4v) is 9.69. The summed E-state index contributed by atoms with van der Waals surface area (Å²) in [5, 5.41) is 47.0. The lowest BCUT2D eigenvalue weighted by Gasteiger charge is -2.30. The summed E-state index contributed by atoms with van der Waals surface area (Å²) in [6.45, 7) is -1.04. The summed E-state index contributed by atoms with van der Waals surface area (Å²) in [4.78, 5) is 132. The third-order valence-corrected chi connectivity index (χ3v) is 13.9. The van der Waals surface area contributed by atoms with Crippen LogP contribution in [0.15, 0.2) is 91.4 Å². The molecule has 0 aliphatic carbocycles. The van der Waals surface area contributed by atoms with Crippen LogP contribution in [0.5, 0.6) is 0 Å². The summed E-state index contributed by atoms with van der Waals surface area (Å²) in [5.74, 6) is -9.78. The van der Waals surface area contributed by atoms with Crippen LogP contribution in [-0.2, 0) is 62.4 Å². The zero-order valence-electron chi connectivity index (χ0n) is 40.8. The molecule has 8 atom stereocenters. The summed E-state index contributed by atoms with van der Waals surface area (Å²) < 4.78 is 0. The molecule has 402 valence electrons. The average molecular weight is 1080 g/mol. The number of thiol groups is 2. The van der Waals surface area contributed by atoms with Crippen molar-refractivity contribution in [2.24, 2.45) is 5.73 Å². The van der Waals surface area contributed by atoms with E-state index in [-0.39, 0.29) is 43.7 Å². The van der Waals surface area contributed by atoms with Gasteiger partial charge < -0.3 is 72.8 Å². The zero-order chi connectivity index (χ0) is 54.6. The Labute approximate surface area is 445 Å². The SMILES string of the molecule is N[C@@H](Cc1c[nH]c2ccccc12)C(=O)N[C@@H](CS)C(=O)N[C@@H](Cc1c[nH]c2ccccc12)C(=O)N1CCC[C@H]1C(=O)N[C@@H](CC(=O)O)C(=O)N[C@@H](CO)C(=O)N[C@@H](CS)C(=O)N[C@@H](Cc1c[nH]c2ccccc12)C(=O)O. The lowest BCUT2D eigenvalue weighted by Crippen LogP contribution is -2.61. The Morgan fingerprint density at radius 1 is 0.566 bits per heavy atom. The molecule has 0 saturated carbocycles. The van der Waals surface area contributed by atoms with Gasteiger partial charge in [0.15, 0.2) is 0 Å². The molecule has 14 N–H and O–H groups in total. The predicted molar refractivity (Wildman–Crippen MR) is 285 cm³/mol. The Bertz CT molecular complexity index is 3120. The minimum atomic E-state index is -1.86. The zero-order valence-corrected chi connectivity index (χ0v) is 42.6. The summed E-state index contributed by atoms with van der Waals surface area (Å²) in [6, 6.07) is 10.4. The smallest absolute Gasteiger partial charge is 0.326 e. The number of rotatable bonds is 25. The standard InChI is InChI=1S/C51H59N11O12S2/c52-32(16-26-20-53-33-11-4-1-8-29(26)33)44(66)60-40(24-75)47(69)57-37(17-27-21-54-34-12-5-2-9-30(27)34)50(72)62-15-7-14-42(62)49(71)56-36(19-43(64)65)45(67)59-39(23-63)46(68)61-41(25-76)48(70)58-38(51(73)74)18-28-22-55-35-13-6-3-10-31(28)35/h1-6,8-13,20-22,32,36-42,53-55,63,75-76H,7,14-19,23-25,52H2,(H,56,71)(H,57,69)(H,58,70)(H,59,67)(H,60,66)(H,61,68)(H,64,65)(H,73,74)/t32-,36-,37-,38-,39-,40-,41-,42-/m0/s1. The number of benzene rings is 3. The number of aromatic nitrogens is 3. The number of aliphatic hydroxyl groups is 1. The van der Waals surface area contributed by atoms with Crippen LogP contribution in [0.1, 0.15) is 36.0 Å². The fraction of sp³-hybridized carbons (Fsp3) is 0.353. The number of carbonyl (C=O) groups is 9. The summed E-state index contributed by atoms with van der Waals surface area (Å²) in [5.41, 5.74) is 10.7. The topological polar surface area (TPSA) is 363 Å². The number of nitrogens with one attached hydrogen (secondary N) is 9. The molecule has 3 aromatic carbocycles. The number of carbonyl (C=O) groups excluding carboxylic acids is 7. The quantitative estimate of drug-likeness (QED) is 0.0331. The van der Waals surface area contributed by atoms with Gasteiger partial charge in [0.2, 0.25) is 41.4 Å². The molecule has 25 heteroatoms. The number of aliphatic hydroxyl groups excluding tert-OH is 1. The van der Waals surface area contributed by atoms with Crippen molar-refractivity contribution < 1.29 is 58.5 Å². The van der Waals surface area contributed by atoms with Gasteiger partial charge in [0, 0.05) is 82.2 Å². The van der Waals surface area contributed by atoms with Crippen molar-refractivity contribution in [3.63, 3.8) is 0 Å². The van der Waals surface area contributed by atoms with Gasteiger partial charge >= 0.3 is 11.9 Å². The number of aromatic amines is 3. The van der Waals surface area contributed by atoms with E-state index in [9.17, 15) is 58.5 Å². The van der Waals surface area contributed by atoms with Crippen LogP contribution in [0.4, 0.5) is 0 Å². The molecule has 1 aliphatic rings. The molecule has 0 unspecified atom stereocenters. The number of amides is 7. The molecule has 1 fully saturated rings. The number of aliphatic carboxylic acids is 2. The monoisotopic (exact) mass is 1080 g/mol. The molecule has 6 aromatic rings. The third kappa shape index (κ3) is 13.5. The van der Waals surface area contributed by atoms with Crippen molar-refractivity contribution >= 4 is 111 Å². The van der Waals surface area contributed by atoms with Gasteiger partial charge in [-0.3, -0.25) is 38.4 Å². The lowest BCUT2D eigenvalue weighted by molar-refractivity contribution is -0.144. The van der Waals surface area contributed by atoms with E-state index in [2.05, 4.69) is 72.1 Å². The molecule has 23 nitrogen and oxygen atoms in total. The average Bonchev–Trinajstić information content (AvgIpc) is 4.24. The summed E-state index contributed by atoms with van der Waals surface area (Å²) in [6.07, 6.45) is 4.34. The second-order valence-electron chi connectivity index (χ2n) is 18.3. The van der Waals surface area contributed by atoms with Gasteiger partial charge in [0.1, 0.15) is 42.3 Å². The van der Waals surface area contributed by atoms with E-state index in [0.29, 0.717) is 17.5 Å². The molecule has 1 aliphatic heterocycles. The van der Waals surface area contributed by atoms with E-state index in [1.165, 1.54) is 4.90 Å². The van der Waals surface area contributed by atoms with Crippen LogP contribution in [0, 0.1) is 0 Å². The van der Waals surface area contributed by atoms with Gasteiger partial charge in [0.25, 0.3) is 0 Å². The molecule has 0 bridgehead atoms. The highest BCUT2D eigenvalue weighted by atomic mass is 32.1. The van der Waals surface area contributed by atoms with Gasteiger partial charge in [-0.05, 0) is 54.2 Å². The second kappa shape index (κ2) is 25.6. The Balaban J connectivity index is 1.01. The van der Waals surface area contributed by atoms with Crippen LogP contribution >= 0.6 is 25.3 Å². The molecule has 4 heterocycles. The number of hydrogen-bond acceptors (Lipinski definition) is 13. The van der Waals surface area contributed by atoms with Gasteiger partial charge in [-0.25, -0.2) is 4.79 Å². The summed E-state index contributed by atoms with van der Waals surface area (Å²) in [7, 11) is 0. The van der Waals surface area contributed by atoms with Crippen molar-refractivity contribution in [1.82, 2.24) is 51.8 Å².